The number of benzene rings is 1. The van der Waals surface area contributed by atoms with Crippen molar-refractivity contribution in [1.82, 2.24) is 20.1 Å². The van der Waals surface area contributed by atoms with Crippen LogP contribution in [-0.4, -0.2) is 26.8 Å². The Balaban J connectivity index is 1.63. The second-order valence-electron chi connectivity index (χ2n) is 4.94. The maximum absolute atomic E-state index is 13.5. The number of nitrogens with zero attached hydrogens (tertiary/aromatic N) is 3. The number of anilines is 1. The lowest BCUT2D eigenvalue weighted by molar-refractivity contribution is 0.243. The highest BCUT2D eigenvalue weighted by atomic mass is 19.2. The van der Waals surface area contributed by atoms with Crippen LogP contribution in [0.15, 0.2) is 18.5 Å². The van der Waals surface area contributed by atoms with Crippen molar-refractivity contribution < 1.29 is 18.0 Å². The van der Waals surface area contributed by atoms with Crippen LogP contribution in [0.25, 0.3) is 0 Å². The summed E-state index contributed by atoms with van der Waals surface area (Å²) in [5, 5.41) is 8.82. The highest BCUT2D eigenvalue weighted by Gasteiger charge is 2.22. The van der Waals surface area contributed by atoms with Gasteiger partial charge in [0.2, 0.25) is 0 Å². The molecule has 22 heavy (non-hydrogen) atoms. The Labute approximate surface area is 123 Å². The predicted octanol–water partition coefficient (Wildman–Crippen LogP) is 1.83. The van der Waals surface area contributed by atoms with Gasteiger partial charge in [0.15, 0.2) is 11.6 Å². The van der Waals surface area contributed by atoms with Crippen molar-refractivity contribution in [3.8, 4) is 0 Å². The third-order valence-electron chi connectivity index (χ3n) is 3.40. The molecule has 1 aromatic carbocycles. The summed E-state index contributed by atoms with van der Waals surface area (Å²) in [4.78, 5) is 15.9. The van der Waals surface area contributed by atoms with E-state index in [2.05, 4.69) is 20.7 Å². The van der Waals surface area contributed by atoms with Crippen LogP contribution in [0.1, 0.15) is 12.2 Å². The van der Waals surface area contributed by atoms with E-state index in [-0.39, 0.29) is 6.04 Å². The second kappa shape index (κ2) is 5.66. The van der Waals surface area contributed by atoms with Gasteiger partial charge in [-0.25, -0.2) is 27.6 Å². The van der Waals surface area contributed by atoms with Crippen molar-refractivity contribution in [2.24, 2.45) is 0 Å². The maximum Gasteiger partial charge on any atom is 0.319 e. The molecule has 6 nitrogen and oxygen atoms in total. The molecule has 0 unspecified atom stereocenters. The first kappa shape index (κ1) is 14.4. The molecule has 0 spiro atoms. The summed E-state index contributed by atoms with van der Waals surface area (Å²) in [6, 6.07) is 0.0782. The molecule has 1 aromatic heterocycles. The monoisotopic (exact) mass is 311 g/mol. The van der Waals surface area contributed by atoms with Crippen molar-refractivity contribution in [2.45, 2.75) is 25.4 Å². The van der Waals surface area contributed by atoms with E-state index in [9.17, 15) is 18.0 Å². The number of aryl methyl sites for hydroxylation is 1. The van der Waals surface area contributed by atoms with Gasteiger partial charge in [-0.1, -0.05) is 0 Å². The van der Waals surface area contributed by atoms with Gasteiger partial charge in [-0.3, -0.25) is 0 Å². The highest BCUT2D eigenvalue weighted by Crippen LogP contribution is 2.18. The fourth-order valence-electron chi connectivity index (χ4n) is 2.32. The number of aromatic nitrogens is 3. The van der Waals surface area contributed by atoms with Gasteiger partial charge >= 0.3 is 6.03 Å². The average Bonchev–Trinajstić information content (AvgIpc) is 2.92. The molecule has 1 atom stereocenters. The molecule has 3 rings (SSSR count). The topological polar surface area (TPSA) is 71.8 Å². The molecule has 1 aliphatic heterocycles. The van der Waals surface area contributed by atoms with E-state index in [0.29, 0.717) is 31.5 Å². The van der Waals surface area contributed by atoms with Gasteiger partial charge in [0, 0.05) is 18.6 Å². The number of nitrogens with one attached hydrogen (secondary N) is 2. The third kappa shape index (κ3) is 2.87. The van der Waals surface area contributed by atoms with Gasteiger partial charge < -0.3 is 10.6 Å². The number of halogens is 3. The Hall–Kier alpha value is -2.58. The first-order chi connectivity index (χ1) is 10.5. The Morgan fingerprint density at radius 3 is 2.82 bits per heavy atom. The Kier molecular flexibility index (Phi) is 3.70. The average molecular weight is 311 g/mol. The lowest BCUT2D eigenvalue weighted by Crippen LogP contribution is -2.43. The van der Waals surface area contributed by atoms with E-state index in [1.165, 1.54) is 6.33 Å². The van der Waals surface area contributed by atoms with Gasteiger partial charge in [0.1, 0.15) is 18.0 Å². The first-order valence-electron chi connectivity index (χ1n) is 6.61. The van der Waals surface area contributed by atoms with Crippen LogP contribution < -0.4 is 10.6 Å². The molecule has 0 saturated heterocycles. The summed E-state index contributed by atoms with van der Waals surface area (Å²) >= 11 is 0. The van der Waals surface area contributed by atoms with Gasteiger partial charge in [-0.2, -0.15) is 5.10 Å². The Morgan fingerprint density at radius 1 is 1.23 bits per heavy atom. The highest BCUT2D eigenvalue weighted by molar-refractivity contribution is 5.89. The van der Waals surface area contributed by atoms with E-state index in [4.69, 9.17) is 0 Å². The third-order valence-corrected chi connectivity index (χ3v) is 3.40. The van der Waals surface area contributed by atoms with Crippen molar-refractivity contribution in [3.63, 3.8) is 0 Å². The standard InChI is InChI=1S/C13H12F3N5O/c14-8-3-10(16)11(4-9(8)15)20-13(22)19-7-1-2-12-17-6-18-21(12)5-7/h3-4,6-7H,1-2,5H2,(H2,19,20,22)/t7-/m1/s1. The molecule has 0 fully saturated rings. The number of carbonyl (C=O) groups is 1. The number of hydrogen-bond acceptors (Lipinski definition) is 3. The zero-order valence-corrected chi connectivity index (χ0v) is 11.3. The SMILES string of the molecule is O=C(Nc1cc(F)c(F)cc1F)N[C@@H]1CCc2ncnn2C1. The molecule has 2 aromatic rings. The molecule has 9 heteroatoms. The van der Waals surface area contributed by atoms with Crippen LogP contribution in [-0.2, 0) is 13.0 Å². The van der Waals surface area contributed by atoms with E-state index < -0.39 is 29.2 Å². The van der Waals surface area contributed by atoms with E-state index in [0.717, 1.165) is 5.82 Å². The molecule has 0 bridgehead atoms. The van der Waals surface area contributed by atoms with Crippen molar-refractivity contribution in [3.05, 3.63) is 41.7 Å². The quantitative estimate of drug-likeness (QED) is 0.831. The molecule has 1 aliphatic rings. The molecule has 0 saturated carbocycles. The van der Waals surface area contributed by atoms with Gasteiger partial charge in [-0.15, -0.1) is 0 Å². The van der Waals surface area contributed by atoms with Crippen LogP contribution in [0.4, 0.5) is 23.7 Å². The summed E-state index contributed by atoms with van der Waals surface area (Å²) in [7, 11) is 0. The van der Waals surface area contributed by atoms with Crippen LogP contribution in [0.3, 0.4) is 0 Å². The fraction of sp³-hybridized carbons (Fsp3) is 0.308. The lowest BCUT2D eigenvalue weighted by Gasteiger charge is -2.23. The number of amides is 2. The van der Waals surface area contributed by atoms with Crippen molar-refractivity contribution >= 4 is 11.7 Å². The number of urea groups is 1. The van der Waals surface area contributed by atoms with Gasteiger partial charge in [0.25, 0.3) is 0 Å². The maximum atomic E-state index is 13.5. The number of hydrogen-bond donors (Lipinski definition) is 2. The molecular formula is C13H12F3N5O. The van der Waals surface area contributed by atoms with Gasteiger partial charge in [-0.05, 0) is 6.42 Å². The van der Waals surface area contributed by atoms with E-state index in [1.807, 2.05) is 0 Å². The summed E-state index contributed by atoms with van der Waals surface area (Å²) in [5.41, 5.74) is -0.423. The molecule has 2 heterocycles. The van der Waals surface area contributed by atoms with E-state index >= 15 is 0 Å². The normalized spacial score (nSPS) is 17.0. The molecular weight excluding hydrogens is 299 g/mol. The largest absolute Gasteiger partial charge is 0.333 e. The summed E-state index contributed by atoms with van der Waals surface area (Å²) in [5.74, 6) is -2.75. The molecule has 0 radical (unpaired) electrons. The van der Waals surface area contributed by atoms with Crippen LogP contribution in [0.5, 0.6) is 0 Å². The zero-order valence-electron chi connectivity index (χ0n) is 11.3. The number of rotatable bonds is 2. The Morgan fingerprint density at radius 2 is 2.00 bits per heavy atom. The molecule has 0 aliphatic carbocycles. The molecule has 2 N–H and O–H groups in total. The zero-order chi connectivity index (χ0) is 15.7. The molecule has 116 valence electrons. The van der Waals surface area contributed by atoms with Crippen LogP contribution in [0, 0.1) is 17.5 Å². The summed E-state index contributed by atoms with van der Waals surface area (Å²) in [6.45, 7) is 0.447. The minimum Gasteiger partial charge on any atom is -0.333 e. The van der Waals surface area contributed by atoms with Crippen LogP contribution >= 0.6 is 0 Å². The number of carbonyl (C=O) groups excluding carboxylic acids is 1. The summed E-state index contributed by atoms with van der Waals surface area (Å²) < 4.78 is 41.0. The van der Waals surface area contributed by atoms with Crippen LogP contribution in [0.2, 0.25) is 0 Å². The summed E-state index contributed by atoms with van der Waals surface area (Å²) in [6.07, 6.45) is 2.76. The minimum absolute atomic E-state index is 0.206. The van der Waals surface area contributed by atoms with E-state index in [1.54, 1.807) is 4.68 Å². The predicted molar refractivity (Wildman–Crippen MR) is 70.6 cm³/mol. The second-order valence-corrected chi connectivity index (χ2v) is 4.94. The lowest BCUT2D eigenvalue weighted by atomic mass is 10.1. The van der Waals surface area contributed by atoms with Gasteiger partial charge in [0.05, 0.1) is 18.3 Å². The fourth-order valence-corrected chi connectivity index (χ4v) is 2.32. The first-order valence-corrected chi connectivity index (χ1v) is 6.61. The number of fused-ring (bicyclic) bond motifs is 1. The Bertz CT molecular complexity index is 718. The van der Waals surface area contributed by atoms with Crippen molar-refractivity contribution in [1.29, 1.82) is 0 Å². The smallest absolute Gasteiger partial charge is 0.319 e. The van der Waals surface area contributed by atoms with Crippen molar-refractivity contribution in [2.75, 3.05) is 5.32 Å². The minimum atomic E-state index is -1.31. The molecule has 2 amide bonds.